The van der Waals surface area contributed by atoms with Crippen LogP contribution in [0.25, 0.3) is 10.9 Å². The summed E-state index contributed by atoms with van der Waals surface area (Å²) in [5, 5.41) is 0.476. The molecular weight excluding hydrogens is 389 g/mol. The van der Waals surface area contributed by atoms with Crippen LogP contribution in [-0.4, -0.2) is 39.9 Å². The number of hydrogen-bond acceptors (Lipinski definition) is 5. The highest BCUT2D eigenvalue weighted by atomic mass is 19.1. The van der Waals surface area contributed by atoms with Crippen molar-refractivity contribution in [2.45, 2.75) is 32.4 Å². The second-order valence-corrected chi connectivity index (χ2v) is 6.99. The number of nitrogens with one attached hydrogen (secondary N) is 1. The van der Waals surface area contributed by atoms with Gasteiger partial charge in [0.15, 0.2) is 6.10 Å². The molecule has 1 heterocycles. The Labute approximate surface area is 172 Å². The van der Waals surface area contributed by atoms with E-state index in [9.17, 15) is 18.8 Å². The molecule has 0 aliphatic carbocycles. The van der Waals surface area contributed by atoms with Crippen molar-refractivity contribution in [3.05, 3.63) is 76.1 Å². The lowest BCUT2D eigenvalue weighted by molar-refractivity contribution is -0.158. The van der Waals surface area contributed by atoms with Crippen LogP contribution in [0.2, 0.25) is 0 Å². The first-order valence-corrected chi connectivity index (χ1v) is 9.50. The van der Waals surface area contributed by atoms with Gasteiger partial charge in [-0.1, -0.05) is 24.3 Å². The summed E-state index contributed by atoms with van der Waals surface area (Å²) in [6, 6.07) is 12.9. The summed E-state index contributed by atoms with van der Waals surface area (Å²) in [4.78, 5) is 45.0. The fourth-order valence-electron chi connectivity index (χ4n) is 3.08. The molecular formula is C22H22FN3O4. The number of halogens is 1. The summed E-state index contributed by atoms with van der Waals surface area (Å²) < 4.78 is 18.5. The molecule has 0 aliphatic heterocycles. The van der Waals surface area contributed by atoms with E-state index in [4.69, 9.17) is 4.74 Å². The zero-order valence-electron chi connectivity index (χ0n) is 16.7. The average molecular weight is 411 g/mol. The lowest BCUT2D eigenvalue weighted by Gasteiger charge is -2.21. The van der Waals surface area contributed by atoms with Crippen LogP contribution in [0.15, 0.2) is 53.3 Å². The Morgan fingerprint density at radius 3 is 2.73 bits per heavy atom. The molecule has 8 heteroatoms. The third kappa shape index (κ3) is 5.28. The first kappa shape index (κ1) is 21.2. The number of aromatic amines is 1. The molecule has 0 aliphatic rings. The number of H-pyrrole nitrogens is 1. The standard InChI is InChI=1S/C22H22FN3O4/c1-14(22(29)26(2)13-15-6-5-7-16(23)12-15)30-20(27)11-10-19-24-18-9-4-3-8-17(18)21(28)25-19/h3-9,12,14H,10-11,13H2,1-2H3,(H,24,25,28)/t14-/m0/s1. The lowest BCUT2D eigenvalue weighted by atomic mass is 10.2. The van der Waals surface area contributed by atoms with Crippen molar-refractivity contribution in [1.82, 2.24) is 14.9 Å². The largest absolute Gasteiger partial charge is 0.453 e. The van der Waals surface area contributed by atoms with Gasteiger partial charge in [0.1, 0.15) is 11.6 Å². The molecule has 3 rings (SSSR count). The van der Waals surface area contributed by atoms with Crippen LogP contribution in [-0.2, 0) is 27.3 Å². The molecule has 1 N–H and O–H groups in total. The van der Waals surface area contributed by atoms with E-state index in [0.717, 1.165) is 0 Å². The molecule has 0 unspecified atom stereocenters. The van der Waals surface area contributed by atoms with Gasteiger partial charge in [-0.15, -0.1) is 0 Å². The maximum atomic E-state index is 13.3. The second-order valence-electron chi connectivity index (χ2n) is 6.99. The number of fused-ring (bicyclic) bond motifs is 1. The molecule has 1 aromatic heterocycles. The minimum absolute atomic E-state index is 0.0352. The monoisotopic (exact) mass is 411 g/mol. The van der Waals surface area contributed by atoms with Crippen molar-refractivity contribution in [2.75, 3.05) is 7.05 Å². The highest BCUT2D eigenvalue weighted by Crippen LogP contribution is 2.10. The SMILES string of the molecule is C[C@H](OC(=O)CCc1nc2ccccc2c(=O)[nH]1)C(=O)N(C)Cc1cccc(F)c1. The van der Waals surface area contributed by atoms with Gasteiger partial charge in [-0.05, 0) is 36.8 Å². The minimum atomic E-state index is -0.986. The van der Waals surface area contributed by atoms with Gasteiger partial charge >= 0.3 is 5.97 Å². The number of rotatable bonds is 7. The Balaban J connectivity index is 1.54. The first-order valence-electron chi connectivity index (χ1n) is 9.50. The summed E-state index contributed by atoms with van der Waals surface area (Å²) in [6.45, 7) is 1.68. The third-order valence-electron chi connectivity index (χ3n) is 4.57. The molecule has 0 radical (unpaired) electrons. The van der Waals surface area contributed by atoms with E-state index in [-0.39, 0.29) is 30.8 Å². The smallest absolute Gasteiger partial charge is 0.307 e. The second kappa shape index (κ2) is 9.30. The predicted molar refractivity (Wildman–Crippen MR) is 109 cm³/mol. The van der Waals surface area contributed by atoms with Crippen molar-refractivity contribution in [1.29, 1.82) is 0 Å². The van der Waals surface area contributed by atoms with Crippen molar-refractivity contribution in [3.63, 3.8) is 0 Å². The quantitative estimate of drug-likeness (QED) is 0.604. The molecule has 0 fully saturated rings. The Morgan fingerprint density at radius 2 is 1.97 bits per heavy atom. The number of aryl methyl sites for hydroxylation is 1. The maximum absolute atomic E-state index is 13.3. The summed E-state index contributed by atoms with van der Waals surface area (Å²) in [5.74, 6) is -0.985. The van der Waals surface area contributed by atoms with Crippen LogP contribution in [0.1, 0.15) is 24.7 Å². The van der Waals surface area contributed by atoms with Gasteiger partial charge in [-0.2, -0.15) is 0 Å². The average Bonchev–Trinajstić information content (AvgIpc) is 2.71. The predicted octanol–water partition coefficient (Wildman–Crippen LogP) is 2.59. The van der Waals surface area contributed by atoms with E-state index < -0.39 is 18.0 Å². The van der Waals surface area contributed by atoms with Gasteiger partial charge in [0.2, 0.25) is 0 Å². The van der Waals surface area contributed by atoms with Crippen LogP contribution >= 0.6 is 0 Å². The summed E-state index contributed by atoms with van der Waals surface area (Å²) >= 11 is 0. The number of amides is 1. The van der Waals surface area contributed by atoms with E-state index in [2.05, 4.69) is 9.97 Å². The van der Waals surface area contributed by atoms with Crippen LogP contribution in [0.3, 0.4) is 0 Å². The highest BCUT2D eigenvalue weighted by Gasteiger charge is 2.22. The molecule has 156 valence electrons. The Bertz CT molecular complexity index is 1130. The van der Waals surface area contributed by atoms with Crippen LogP contribution in [0.4, 0.5) is 4.39 Å². The first-order chi connectivity index (χ1) is 14.3. The highest BCUT2D eigenvalue weighted by molar-refractivity contribution is 5.83. The molecule has 3 aromatic rings. The molecule has 1 amide bonds. The number of carbonyl (C=O) groups excluding carboxylic acids is 2. The fourth-order valence-corrected chi connectivity index (χ4v) is 3.08. The Morgan fingerprint density at radius 1 is 1.20 bits per heavy atom. The normalized spacial score (nSPS) is 11.8. The van der Waals surface area contributed by atoms with Gasteiger partial charge in [0.05, 0.1) is 17.3 Å². The van der Waals surface area contributed by atoms with Crippen molar-refractivity contribution in [3.8, 4) is 0 Å². The number of nitrogens with zero attached hydrogens (tertiary/aromatic N) is 2. The van der Waals surface area contributed by atoms with Crippen LogP contribution in [0, 0.1) is 5.82 Å². The Kier molecular flexibility index (Phi) is 6.56. The number of likely N-dealkylation sites (N-methyl/N-ethyl adjacent to an activating group) is 1. The maximum Gasteiger partial charge on any atom is 0.307 e. The number of benzene rings is 2. The van der Waals surface area contributed by atoms with Gasteiger partial charge < -0.3 is 14.6 Å². The number of carbonyl (C=O) groups is 2. The summed E-state index contributed by atoms with van der Waals surface area (Å²) in [6.07, 6.45) is -0.842. The molecule has 30 heavy (non-hydrogen) atoms. The number of aromatic nitrogens is 2. The van der Waals surface area contributed by atoms with Gasteiger partial charge in [-0.25, -0.2) is 9.37 Å². The topological polar surface area (TPSA) is 92.4 Å². The number of ether oxygens (including phenoxy) is 1. The number of hydrogen-bond donors (Lipinski definition) is 1. The lowest BCUT2D eigenvalue weighted by Crippen LogP contribution is -2.37. The third-order valence-corrected chi connectivity index (χ3v) is 4.57. The molecule has 0 spiro atoms. The fraction of sp³-hybridized carbons (Fsp3) is 0.273. The van der Waals surface area contributed by atoms with Crippen molar-refractivity contribution < 1.29 is 18.7 Å². The zero-order valence-corrected chi connectivity index (χ0v) is 16.7. The van der Waals surface area contributed by atoms with E-state index in [0.29, 0.717) is 22.3 Å². The van der Waals surface area contributed by atoms with E-state index in [1.165, 1.54) is 24.0 Å². The molecule has 1 atom stereocenters. The molecule has 0 saturated heterocycles. The van der Waals surface area contributed by atoms with Crippen molar-refractivity contribution in [2.24, 2.45) is 0 Å². The van der Waals surface area contributed by atoms with Crippen molar-refractivity contribution >= 4 is 22.8 Å². The van der Waals surface area contributed by atoms with Gasteiger partial charge in [-0.3, -0.25) is 14.4 Å². The number of esters is 1. The summed E-state index contributed by atoms with van der Waals surface area (Å²) in [5.41, 5.74) is 0.911. The minimum Gasteiger partial charge on any atom is -0.453 e. The zero-order chi connectivity index (χ0) is 21.7. The van der Waals surface area contributed by atoms with Gasteiger partial charge in [0.25, 0.3) is 11.5 Å². The molecule has 7 nitrogen and oxygen atoms in total. The van der Waals surface area contributed by atoms with Crippen LogP contribution in [0.5, 0.6) is 0 Å². The summed E-state index contributed by atoms with van der Waals surface area (Å²) in [7, 11) is 1.56. The molecule has 0 saturated carbocycles. The van der Waals surface area contributed by atoms with E-state index in [1.54, 1.807) is 43.4 Å². The van der Waals surface area contributed by atoms with Crippen LogP contribution < -0.4 is 5.56 Å². The number of para-hydroxylation sites is 1. The van der Waals surface area contributed by atoms with E-state index >= 15 is 0 Å². The molecule has 2 aromatic carbocycles. The van der Waals surface area contributed by atoms with Gasteiger partial charge in [0, 0.05) is 20.0 Å². The molecule has 0 bridgehead atoms. The van der Waals surface area contributed by atoms with E-state index in [1.807, 2.05) is 0 Å². The Hall–Kier alpha value is -3.55.